The van der Waals surface area contributed by atoms with Gasteiger partial charge >= 0.3 is 0 Å². The monoisotopic (exact) mass is 278 g/mol. The molecule has 0 radical (unpaired) electrons. The Morgan fingerprint density at radius 3 is 2.45 bits per heavy atom. The highest BCUT2D eigenvalue weighted by Crippen LogP contribution is 2.27. The predicted octanol–water partition coefficient (Wildman–Crippen LogP) is 2.05. The van der Waals surface area contributed by atoms with Crippen LogP contribution in [-0.4, -0.2) is 18.4 Å². The molecule has 0 spiro atoms. The van der Waals surface area contributed by atoms with Crippen molar-refractivity contribution in [3.8, 4) is 5.75 Å². The number of rotatable bonds is 5. The fourth-order valence-electron chi connectivity index (χ4n) is 1.65. The van der Waals surface area contributed by atoms with Gasteiger partial charge in [-0.3, -0.25) is 20.4 Å². The lowest BCUT2D eigenvalue weighted by molar-refractivity contribution is -0.129. The molecule has 0 aromatic heterocycles. The zero-order chi connectivity index (χ0) is 15.1. The summed E-state index contributed by atoms with van der Waals surface area (Å²) in [7, 11) is 0. The number of benzene rings is 1. The minimum absolute atomic E-state index is 0.132. The first kappa shape index (κ1) is 16.0. The molecule has 0 aliphatic rings. The van der Waals surface area contributed by atoms with E-state index in [1.165, 1.54) is 0 Å². The first-order valence-electron chi connectivity index (χ1n) is 6.75. The Labute approximate surface area is 119 Å². The van der Waals surface area contributed by atoms with Crippen molar-refractivity contribution in [2.45, 2.75) is 40.0 Å². The van der Waals surface area contributed by atoms with Gasteiger partial charge in [0.2, 0.25) is 5.91 Å². The van der Waals surface area contributed by atoms with Gasteiger partial charge in [-0.1, -0.05) is 32.9 Å². The molecule has 5 heteroatoms. The average molecular weight is 278 g/mol. The van der Waals surface area contributed by atoms with Crippen molar-refractivity contribution in [1.29, 1.82) is 0 Å². The quantitative estimate of drug-likeness (QED) is 0.810. The molecule has 0 atom stereocenters. The van der Waals surface area contributed by atoms with Crippen molar-refractivity contribution in [2.75, 3.05) is 6.61 Å². The van der Waals surface area contributed by atoms with E-state index in [1.807, 2.05) is 25.1 Å². The van der Waals surface area contributed by atoms with Crippen molar-refractivity contribution in [3.05, 3.63) is 29.3 Å². The van der Waals surface area contributed by atoms with Crippen LogP contribution in [0.3, 0.4) is 0 Å². The van der Waals surface area contributed by atoms with Crippen LogP contribution in [0.2, 0.25) is 0 Å². The first-order chi connectivity index (χ1) is 9.43. The molecule has 0 heterocycles. The molecule has 0 saturated heterocycles. The van der Waals surface area contributed by atoms with Crippen LogP contribution < -0.4 is 15.6 Å². The number of nitrogens with one attached hydrogen (secondary N) is 2. The maximum Gasteiger partial charge on any atom is 0.276 e. The van der Waals surface area contributed by atoms with Gasteiger partial charge in [0, 0.05) is 6.42 Å². The number of carbonyl (C=O) groups is 2. The fraction of sp³-hybridized carbons (Fsp3) is 0.467. The molecule has 2 N–H and O–H groups in total. The van der Waals surface area contributed by atoms with Crippen LogP contribution in [0.5, 0.6) is 5.75 Å². The molecule has 0 aliphatic heterocycles. The second kappa shape index (κ2) is 7.53. The van der Waals surface area contributed by atoms with Crippen LogP contribution in [0.1, 0.15) is 44.2 Å². The molecule has 0 aliphatic carbocycles. The first-order valence-corrected chi connectivity index (χ1v) is 6.75. The van der Waals surface area contributed by atoms with Crippen LogP contribution in [0.25, 0.3) is 0 Å². The third kappa shape index (κ3) is 4.91. The maximum absolute atomic E-state index is 11.6. The van der Waals surface area contributed by atoms with E-state index in [1.54, 1.807) is 6.92 Å². The van der Waals surface area contributed by atoms with Gasteiger partial charge in [0.25, 0.3) is 5.91 Å². The molecular formula is C15H22N2O3. The zero-order valence-corrected chi connectivity index (χ0v) is 12.4. The van der Waals surface area contributed by atoms with Crippen molar-refractivity contribution >= 4 is 11.8 Å². The third-order valence-corrected chi connectivity index (χ3v) is 2.81. The molecule has 2 amide bonds. The molecule has 5 nitrogen and oxygen atoms in total. The SMILES string of the molecule is CCC(=O)NNC(=O)COc1cc(C)ccc1C(C)C. The topological polar surface area (TPSA) is 67.4 Å². The van der Waals surface area contributed by atoms with E-state index in [2.05, 4.69) is 24.7 Å². The summed E-state index contributed by atoms with van der Waals surface area (Å²) < 4.78 is 5.54. The van der Waals surface area contributed by atoms with Crippen molar-refractivity contribution in [1.82, 2.24) is 10.9 Å². The van der Waals surface area contributed by atoms with Crippen molar-refractivity contribution in [3.63, 3.8) is 0 Å². The molecule has 1 rings (SSSR count). The lowest BCUT2D eigenvalue weighted by Crippen LogP contribution is -2.43. The van der Waals surface area contributed by atoms with E-state index in [0.29, 0.717) is 18.1 Å². The zero-order valence-electron chi connectivity index (χ0n) is 12.4. The minimum atomic E-state index is -0.386. The fourth-order valence-corrected chi connectivity index (χ4v) is 1.65. The Kier molecular flexibility index (Phi) is 6.03. The number of hydrogen-bond acceptors (Lipinski definition) is 3. The Morgan fingerprint density at radius 2 is 1.85 bits per heavy atom. The van der Waals surface area contributed by atoms with Crippen LogP contribution in [-0.2, 0) is 9.59 Å². The summed E-state index contributed by atoms with van der Waals surface area (Å²) in [6.07, 6.45) is 0.316. The van der Waals surface area contributed by atoms with Gasteiger partial charge in [-0.2, -0.15) is 0 Å². The number of aryl methyl sites for hydroxylation is 1. The molecular weight excluding hydrogens is 256 g/mol. The van der Waals surface area contributed by atoms with Crippen LogP contribution in [0, 0.1) is 6.92 Å². The summed E-state index contributed by atoms with van der Waals surface area (Å²) in [5.74, 6) is 0.394. The molecule has 0 unspecified atom stereocenters. The number of hydrazine groups is 1. The summed E-state index contributed by atoms with van der Waals surface area (Å²) in [4.78, 5) is 22.6. The van der Waals surface area contributed by atoms with Gasteiger partial charge in [-0.15, -0.1) is 0 Å². The minimum Gasteiger partial charge on any atom is -0.483 e. The molecule has 1 aromatic rings. The lowest BCUT2D eigenvalue weighted by Gasteiger charge is -2.14. The van der Waals surface area contributed by atoms with Gasteiger partial charge in [-0.25, -0.2) is 0 Å². The summed E-state index contributed by atoms with van der Waals surface area (Å²) in [6.45, 7) is 7.68. The summed E-state index contributed by atoms with van der Waals surface area (Å²) >= 11 is 0. The van der Waals surface area contributed by atoms with Crippen molar-refractivity contribution in [2.24, 2.45) is 0 Å². The van der Waals surface area contributed by atoms with Gasteiger partial charge in [0.1, 0.15) is 5.75 Å². The molecule has 0 bridgehead atoms. The summed E-state index contributed by atoms with van der Waals surface area (Å²) in [5, 5.41) is 0. The van der Waals surface area contributed by atoms with Crippen molar-refractivity contribution < 1.29 is 14.3 Å². The number of hydrogen-bond donors (Lipinski definition) is 2. The maximum atomic E-state index is 11.6. The van der Waals surface area contributed by atoms with E-state index in [0.717, 1.165) is 11.1 Å². The van der Waals surface area contributed by atoms with Crippen LogP contribution in [0.4, 0.5) is 0 Å². The molecule has 0 fully saturated rings. The number of carbonyl (C=O) groups excluding carboxylic acids is 2. The average Bonchev–Trinajstić information content (AvgIpc) is 2.42. The number of ether oxygens (including phenoxy) is 1. The molecule has 0 saturated carbocycles. The van der Waals surface area contributed by atoms with Gasteiger partial charge < -0.3 is 4.74 Å². The van der Waals surface area contributed by atoms with Gasteiger partial charge in [-0.05, 0) is 30.0 Å². The Balaban J connectivity index is 2.58. The Bertz CT molecular complexity index is 484. The van der Waals surface area contributed by atoms with Crippen LogP contribution in [0.15, 0.2) is 18.2 Å². The summed E-state index contributed by atoms with van der Waals surface area (Å²) in [6, 6.07) is 5.93. The second-order valence-electron chi connectivity index (χ2n) is 4.93. The predicted molar refractivity (Wildman–Crippen MR) is 77.3 cm³/mol. The van der Waals surface area contributed by atoms with Gasteiger partial charge in [0.05, 0.1) is 0 Å². The van der Waals surface area contributed by atoms with Gasteiger partial charge in [0.15, 0.2) is 6.61 Å². The largest absolute Gasteiger partial charge is 0.483 e. The number of amides is 2. The lowest BCUT2D eigenvalue weighted by atomic mass is 10.0. The normalized spacial score (nSPS) is 10.2. The van der Waals surface area contributed by atoms with Crippen LogP contribution >= 0.6 is 0 Å². The second-order valence-corrected chi connectivity index (χ2v) is 4.93. The molecule has 1 aromatic carbocycles. The smallest absolute Gasteiger partial charge is 0.276 e. The third-order valence-electron chi connectivity index (χ3n) is 2.81. The van der Waals surface area contributed by atoms with E-state index in [4.69, 9.17) is 4.74 Å². The summed E-state index contributed by atoms with van der Waals surface area (Å²) in [5.41, 5.74) is 6.73. The Morgan fingerprint density at radius 1 is 1.20 bits per heavy atom. The highest BCUT2D eigenvalue weighted by Gasteiger charge is 2.10. The van der Waals surface area contributed by atoms with E-state index < -0.39 is 0 Å². The van der Waals surface area contributed by atoms with E-state index in [-0.39, 0.29) is 18.4 Å². The molecule has 20 heavy (non-hydrogen) atoms. The molecule has 110 valence electrons. The highest BCUT2D eigenvalue weighted by atomic mass is 16.5. The van der Waals surface area contributed by atoms with E-state index in [9.17, 15) is 9.59 Å². The van der Waals surface area contributed by atoms with E-state index >= 15 is 0 Å². The standard InChI is InChI=1S/C15H22N2O3/c1-5-14(18)16-17-15(19)9-20-13-8-11(4)6-7-12(13)10(2)3/h6-8,10H,5,9H2,1-4H3,(H,16,18)(H,17,19). The Hall–Kier alpha value is -2.04. The highest BCUT2D eigenvalue weighted by molar-refractivity contribution is 5.82.